The number of hydrogen-bond acceptors (Lipinski definition) is 3. The maximum Gasteiger partial charge on any atom is 0.0665 e. The average molecular weight is 145 g/mol. The van der Waals surface area contributed by atoms with E-state index in [0.717, 1.165) is 19.8 Å². The summed E-state index contributed by atoms with van der Waals surface area (Å²) in [5, 5.41) is 3.49. The lowest BCUT2D eigenvalue weighted by Crippen LogP contribution is -2.62. The van der Waals surface area contributed by atoms with Crippen LogP contribution in [0.5, 0.6) is 0 Å². The van der Waals surface area contributed by atoms with Crippen LogP contribution < -0.4 is 5.32 Å². The highest BCUT2D eigenvalue weighted by molar-refractivity contribution is 8.00. The molecule has 2 heterocycles. The molecule has 2 saturated heterocycles. The van der Waals surface area contributed by atoms with Crippen molar-refractivity contribution >= 4 is 11.8 Å². The summed E-state index contributed by atoms with van der Waals surface area (Å²) in [6.45, 7) is 2.87. The molecule has 3 heteroatoms. The Hall–Kier alpha value is 0.270. The zero-order valence-corrected chi connectivity index (χ0v) is 6.17. The van der Waals surface area contributed by atoms with Gasteiger partial charge in [0.1, 0.15) is 0 Å². The lowest BCUT2D eigenvalue weighted by atomic mass is 10.0. The second-order valence-corrected chi connectivity index (χ2v) is 3.74. The van der Waals surface area contributed by atoms with Gasteiger partial charge in [0, 0.05) is 18.1 Å². The van der Waals surface area contributed by atoms with E-state index in [2.05, 4.69) is 5.32 Å². The van der Waals surface area contributed by atoms with Gasteiger partial charge in [0.15, 0.2) is 0 Å². The van der Waals surface area contributed by atoms with E-state index in [4.69, 9.17) is 4.74 Å². The van der Waals surface area contributed by atoms with Gasteiger partial charge in [-0.15, -0.1) is 0 Å². The molecule has 0 aromatic rings. The van der Waals surface area contributed by atoms with Crippen molar-refractivity contribution < 1.29 is 4.74 Å². The number of nitrogens with one attached hydrogen (secondary N) is 1. The third-order valence-corrected chi connectivity index (χ3v) is 3.39. The lowest BCUT2D eigenvalue weighted by Gasteiger charge is -2.44. The van der Waals surface area contributed by atoms with Crippen molar-refractivity contribution in [3.05, 3.63) is 0 Å². The standard InChI is InChI=1S/C6H11NOS/c1-2-8-3-6(7-1)4-9-5-6/h7H,1-5H2. The number of hydrogen-bond donors (Lipinski definition) is 1. The van der Waals surface area contributed by atoms with Crippen LogP contribution in [-0.4, -0.2) is 36.8 Å². The van der Waals surface area contributed by atoms with Crippen molar-refractivity contribution in [3.8, 4) is 0 Å². The Morgan fingerprint density at radius 1 is 1.44 bits per heavy atom. The number of ether oxygens (including phenoxy) is 1. The third kappa shape index (κ3) is 0.974. The molecular formula is C6H11NOS. The van der Waals surface area contributed by atoms with Gasteiger partial charge in [-0.1, -0.05) is 0 Å². The smallest absolute Gasteiger partial charge is 0.0665 e. The summed E-state index contributed by atoms with van der Waals surface area (Å²) in [6, 6.07) is 0. The fraction of sp³-hybridized carbons (Fsp3) is 1.00. The van der Waals surface area contributed by atoms with Gasteiger partial charge in [0.05, 0.1) is 18.8 Å². The normalized spacial score (nSPS) is 32.0. The van der Waals surface area contributed by atoms with Crippen LogP contribution in [0.2, 0.25) is 0 Å². The topological polar surface area (TPSA) is 21.3 Å². The molecule has 0 unspecified atom stereocenters. The van der Waals surface area contributed by atoms with Crippen LogP contribution in [0.4, 0.5) is 0 Å². The molecule has 52 valence electrons. The first-order valence-corrected chi connectivity index (χ1v) is 4.47. The molecule has 0 aliphatic carbocycles. The van der Waals surface area contributed by atoms with Crippen LogP contribution in [0.1, 0.15) is 0 Å². The summed E-state index contributed by atoms with van der Waals surface area (Å²) in [7, 11) is 0. The van der Waals surface area contributed by atoms with E-state index < -0.39 is 0 Å². The van der Waals surface area contributed by atoms with Crippen molar-refractivity contribution in [2.24, 2.45) is 0 Å². The zero-order valence-electron chi connectivity index (χ0n) is 5.35. The molecule has 9 heavy (non-hydrogen) atoms. The van der Waals surface area contributed by atoms with Crippen molar-refractivity contribution in [2.45, 2.75) is 5.54 Å². The van der Waals surface area contributed by atoms with Gasteiger partial charge >= 0.3 is 0 Å². The first kappa shape index (κ1) is 6.01. The highest BCUT2D eigenvalue weighted by atomic mass is 32.2. The molecule has 0 bridgehead atoms. The molecule has 0 amide bonds. The molecule has 2 fully saturated rings. The predicted molar refractivity (Wildman–Crippen MR) is 38.9 cm³/mol. The van der Waals surface area contributed by atoms with Crippen molar-refractivity contribution in [1.82, 2.24) is 5.32 Å². The van der Waals surface area contributed by atoms with Gasteiger partial charge in [0.25, 0.3) is 0 Å². The average Bonchev–Trinajstić information content (AvgIpc) is 1.87. The fourth-order valence-corrected chi connectivity index (χ4v) is 2.31. The Balaban J connectivity index is 1.93. The first-order valence-electron chi connectivity index (χ1n) is 3.32. The van der Waals surface area contributed by atoms with Gasteiger partial charge in [-0.25, -0.2) is 0 Å². The van der Waals surface area contributed by atoms with E-state index in [-0.39, 0.29) is 0 Å². The highest BCUT2D eigenvalue weighted by Crippen LogP contribution is 2.30. The minimum absolute atomic E-state index is 0.392. The van der Waals surface area contributed by atoms with Crippen molar-refractivity contribution in [1.29, 1.82) is 0 Å². The summed E-state index contributed by atoms with van der Waals surface area (Å²) in [4.78, 5) is 0. The van der Waals surface area contributed by atoms with E-state index in [1.54, 1.807) is 0 Å². The zero-order chi connectivity index (χ0) is 6.16. The second kappa shape index (κ2) is 2.15. The number of thioether (sulfide) groups is 1. The van der Waals surface area contributed by atoms with Crippen LogP contribution in [-0.2, 0) is 4.74 Å². The Morgan fingerprint density at radius 3 is 2.67 bits per heavy atom. The molecule has 0 atom stereocenters. The summed E-state index contributed by atoms with van der Waals surface area (Å²) >= 11 is 2.00. The van der Waals surface area contributed by atoms with E-state index >= 15 is 0 Å². The molecule has 1 spiro atoms. The molecule has 2 aliphatic heterocycles. The molecule has 2 rings (SSSR count). The molecule has 0 saturated carbocycles. The van der Waals surface area contributed by atoms with E-state index in [1.165, 1.54) is 11.5 Å². The Labute approximate surface area is 59.3 Å². The summed E-state index contributed by atoms with van der Waals surface area (Å²) in [5.74, 6) is 2.49. The lowest BCUT2D eigenvalue weighted by molar-refractivity contribution is 0.0430. The van der Waals surface area contributed by atoms with Gasteiger partial charge in [-0.2, -0.15) is 11.8 Å². The summed E-state index contributed by atoms with van der Waals surface area (Å²) in [5.41, 5.74) is 0.392. The van der Waals surface area contributed by atoms with Gasteiger partial charge < -0.3 is 10.1 Å². The summed E-state index contributed by atoms with van der Waals surface area (Å²) in [6.07, 6.45) is 0. The molecular weight excluding hydrogens is 134 g/mol. The van der Waals surface area contributed by atoms with Crippen LogP contribution >= 0.6 is 11.8 Å². The van der Waals surface area contributed by atoms with Gasteiger partial charge in [-0.05, 0) is 0 Å². The van der Waals surface area contributed by atoms with Gasteiger partial charge in [0.2, 0.25) is 0 Å². The molecule has 0 aromatic heterocycles. The third-order valence-electron chi connectivity index (χ3n) is 1.88. The van der Waals surface area contributed by atoms with Crippen LogP contribution in [0.3, 0.4) is 0 Å². The molecule has 2 nitrogen and oxygen atoms in total. The minimum Gasteiger partial charge on any atom is -0.378 e. The molecule has 2 aliphatic rings. The van der Waals surface area contributed by atoms with Crippen LogP contribution in [0, 0.1) is 0 Å². The van der Waals surface area contributed by atoms with Gasteiger partial charge in [-0.3, -0.25) is 0 Å². The van der Waals surface area contributed by atoms with Crippen molar-refractivity contribution in [2.75, 3.05) is 31.3 Å². The Kier molecular flexibility index (Phi) is 1.43. The largest absolute Gasteiger partial charge is 0.378 e. The first-order chi connectivity index (χ1) is 4.41. The molecule has 0 aromatic carbocycles. The van der Waals surface area contributed by atoms with Crippen LogP contribution in [0.15, 0.2) is 0 Å². The molecule has 1 N–H and O–H groups in total. The SMILES string of the molecule is C1COCC2(CSC2)N1. The number of rotatable bonds is 0. The van der Waals surface area contributed by atoms with E-state index in [9.17, 15) is 0 Å². The minimum atomic E-state index is 0.392. The van der Waals surface area contributed by atoms with E-state index in [1.807, 2.05) is 11.8 Å². The quantitative estimate of drug-likeness (QED) is 0.522. The monoisotopic (exact) mass is 145 g/mol. The fourth-order valence-electron chi connectivity index (χ4n) is 1.24. The summed E-state index contributed by atoms with van der Waals surface area (Å²) < 4.78 is 5.35. The second-order valence-electron chi connectivity index (χ2n) is 2.75. The Bertz CT molecular complexity index is 106. The van der Waals surface area contributed by atoms with Crippen molar-refractivity contribution in [3.63, 3.8) is 0 Å². The Morgan fingerprint density at radius 2 is 2.33 bits per heavy atom. The highest BCUT2D eigenvalue weighted by Gasteiger charge is 2.39. The van der Waals surface area contributed by atoms with Crippen LogP contribution in [0.25, 0.3) is 0 Å². The van der Waals surface area contributed by atoms with E-state index in [0.29, 0.717) is 5.54 Å². The maximum atomic E-state index is 5.35. The maximum absolute atomic E-state index is 5.35. The molecule has 0 radical (unpaired) electrons. The predicted octanol–water partition coefficient (Wildman–Crippen LogP) is 0.0918. The number of morpholine rings is 1.